The molecule has 38 valence electrons. The van der Waals surface area contributed by atoms with Gasteiger partial charge in [-0.1, -0.05) is 6.92 Å². The van der Waals surface area contributed by atoms with E-state index >= 15 is 0 Å². The van der Waals surface area contributed by atoms with Gasteiger partial charge in [0.05, 0.1) is 0 Å². The molecule has 0 atom stereocenters. The number of hydrogen-bond acceptors (Lipinski definition) is 2. The lowest BCUT2D eigenvalue weighted by atomic mass is 10.6. The van der Waals surface area contributed by atoms with Crippen molar-refractivity contribution < 1.29 is 9.11 Å². The van der Waals surface area contributed by atoms with Crippen LogP contribution in [0.1, 0.15) is 13.3 Å². The first kappa shape index (κ1) is 6.27. The Balaban J connectivity index is 2.63. The van der Waals surface area contributed by atoms with Gasteiger partial charge < -0.3 is 0 Å². The van der Waals surface area contributed by atoms with E-state index in [1.807, 2.05) is 6.92 Å². The summed E-state index contributed by atoms with van der Waals surface area (Å²) in [5.41, 5.74) is 0. The minimum atomic E-state index is -1.32. The van der Waals surface area contributed by atoms with E-state index in [1.165, 1.54) is 0 Å². The lowest BCUT2D eigenvalue weighted by molar-refractivity contribution is 0.504. The average molecular weight is 109 g/mol. The van der Waals surface area contributed by atoms with Gasteiger partial charge in [0.1, 0.15) is 0 Å². The van der Waals surface area contributed by atoms with Gasteiger partial charge >= 0.3 is 11.5 Å². The lowest BCUT2D eigenvalue weighted by Gasteiger charge is -1.79. The minimum absolute atomic E-state index is 0.514. The first-order valence-corrected chi connectivity index (χ1v) is 3.17. The summed E-state index contributed by atoms with van der Waals surface area (Å²) in [4.78, 5) is 0. The SMILES string of the molecule is CCC[S+](O)O. The smallest absolute Gasteiger partial charge is 0.155 e. The molecule has 0 spiro atoms. The van der Waals surface area contributed by atoms with Crippen LogP contribution in [0.25, 0.3) is 0 Å². The van der Waals surface area contributed by atoms with Crippen LogP contribution >= 0.6 is 0 Å². The quantitative estimate of drug-likeness (QED) is 0.518. The van der Waals surface area contributed by atoms with Crippen molar-refractivity contribution in [3.8, 4) is 0 Å². The van der Waals surface area contributed by atoms with Crippen molar-refractivity contribution in [1.82, 2.24) is 0 Å². The highest BCUT2D eigenvalue weighted by Gasteiger charge is 2.04. The highest BCUT2D eigenvalue weighted by Crippen LogP contribution is 1.83. The number of hydrogen-bond donors (Lipinski definition) is 2. The predicted octanol–water partition coefficient (Wildman–Crippen LogP) is 0.961. The van der Waals surface area contributed by atoms with Gasteiger partial charge in [-0.15, -0.1) is 0 Å². The Hall–Kier alpha value is 0.270. The Morgan fingerprint density at radius 1 is 1.50 bits per heavy atom. The second-order valence-corrected chi connectivity index (χ2v) is 2.13. The minimum Gasteiger partial charge on any atom is -0.155 e. The van der Waals surface area contributed by atoms with Gasteiger partial charge in [-0.2, -0.15) is 9.11 Å². The highest BCUT2D eigenvalue weighted by molar-refractivity contribution is 7.85. The molecular formula is C3H9O2S+. The summed E-state index contributed by atoms with van der Waals surface area (Å²) < 4.78 is 16.3. The van der Waals surface area contributed by atoms with E-state index in [2.05, 4.69) is 0 Å². The van der Waals surface area contributed by atoms with Gasteiger partial charge in [0.25, 0.3) is 0 Å². The Bertz CT molecular complexity index is 30.0. The summed E-state index contributed by atoms with van der Waals surface area (Å²) in [5.74, 6) is 0.514. The van der Waals surface area contributed by atoms with Crippen molar-refractivity contribution in [2.24, 2.45) is 0 Å². The molecule has 0 aliphatic carbocycles. The molecule has 3 heteroatoms. The summed E-state index contributed by atoms with van der Waals surface area (Å²) in [6.07, 6.45) is 0.843. The summed E-state index contributed by atoms with van der Waals surface area (Å²) in [7, 11) is 0. The molecule has 0 unspecified atom stereocenters. The average Bonchev–Trinajstić information content (AvgIpc) is 1.35. The van der Waals surface area contributed by atoms with Crippen LogP contribution in [-0.2, 0) is 11.5 Å². The van der Waals surface area contributed by atoms with Crippen molar-refractivity contribution in [3.63, 3.8) is 0 Å². The Kier molecular flexibility index (Phi) is 3.62. The fraction of sp³-hybridized carbons (Fsp3) is 1.00. The molecule has 2 N–H and O–H groups in total. The van der Waals surface area contributed by atoms with E-state index in [0.717, 1.165) is 6.42 Å². The number of rotatable bonds is 2. The third-order valence-corrected chi connectivity index (χ3v) is 1.16. The van der Waals surface area contributed by atoms with Crippen LogP contribution in [0.2, 0.25) is 0 Å². The Labute approximate surface area is 40.6 Å². The van der Waals surface area contributed by atoms with Gasteiger partial charge in [0, 0.05) is 0 Å². The van der Waals surface area contributed by atoms with Crippen molar-refractivity contribution in [1.29, 1.82) is 0 Å². The first-order valence-electron chi connectivity index (χ1n) is 1.86. The molecule has 0 bridgehead atoms. The van der Waals surface area contributed by atoms with Crippen LogP contribution in [0.5, 0.6) is 0 Å². The largest absolute Gasteiger partial charge is 0.309 e. The Morgan fingerprint density at radius 2 is 2.00 bits per heavy atom. The van der Waals surface area contributed by atoms with E-state index < -0.39 is 11.5 Å². The van der Waals surface area contributed by atoms with Gasteiger partial charge in [-0.3, -0.25) is 0 Å². The molecule has 2 nitrogen and oxygen atoms in total. The second kappa shape index (κ2) is 3.46. The van der Waals surface area contributed by atoms with Crippen LogP contribution in [-0.4, -0.2) is 14.9 Å². The molecule has 0 radical (unpaired) electrons. The van der Waals surface area contributed by atoms with E-state index in [9.17, 15) is 0 Å². The predicted molar refractivity (Wildman–Crippen MR) is 27.8 cm³/mol. The van der Waals surface area contributed by atoms with Gasteiger partial charge in [0.15, 0.2) is 5.75 Å². The van der Waals surface area contributed by atoms with E-state index in [0.29, 0.717) is 5.75 Å². The zero-order valence-electron chi connectivity index (χ0n) is 3.72. The Morgan fingerprint density at radius 3 is 2.00 bits per heavy atom. The van der Waals surface area contributed by atoms with Crippen LogP contribution < -0.4 is 0 Å². The van der Waals surface area contributed by atoms with Crippen molar-refractivity contribution in [3.05, 3.63) is 0 Å². The molecular weight excluding hydrogens is 100 g/mol. The van der Waals surface area contributed by atoms with E-state index in [1.54, 1.807) is 0 Å². The molecule has 0 aliphatic heterocycles. The van der Waals surface area contributed by atoms with E-state index in [-0.39, 0.29) is 0 Å². The first-order chi connectivity index (χ1) is 2.77. The third kappa shape index (κ3) is 4.27. The monoisotopic (exact) mass is 109 g/mol. The topological polar surface area (TPSA) is 40.5 Å². The second-order valence-electron chi connectivity index (χ2n) is 1.04. The lowest BCUT2D eigenvalue weighted by Crippen LogP contribution is -2.00. The molecule has 0 amide bonds. The normalized spacial score (nSPS) is 10.0. The van der Waals surface area contributed by atoms with Crippen LogP contribution in [0, 0.1) is 0 Å². The molecule has 0 heterocycles. The maximum absolute atomic E-state index is 8.14. The third-order valence-electron chi connectivity index (χ3n) is 0.387. The fourth-order valence-corrected chi connectivity index (χ4v) is 0.548. The molecule has 0 aromatic carbocycles. The zero-order valence-corrected chi connectivity index (χ0v) is 4.53. The molecule has 0 aliphatic rings. The summed E-state index contributed by atoms with van der Waals surface area (Å²) in [5, 5.41) is 0. The van der Waals surface area contributed by atoms with Crippen LogP contribution in [0.15, 0.2) is 0 Å². The van der Waals surface area contributed by atoms with E-state index in [4.69, 9.17) is 9.11 Å². The summed E-state index contributed by atoms with van der Waals surface area (Å²) in [6.45, 7) is 1.91. The maximum Gasteiger partial charge on any atom is 0.309 e. The molecule has 0 aromatic rings. The van der Waals surface area contributed by atoms with Crippen molar-refractivity contribution >= 4 is 11.5 Å². The molecule has 0 saturated heterocycles. The fourth-order valence-electron chi connectivity index (χ4n) is 0.183. The van der Waals surface area contributed by atoms with Crippen molar-refractivity contribution in [2.45, 2.75) is 13.3 Å². The summed E-state index contributed by atoms with van der Waals surface area (Å²) in [6, 6.07) is 0. The van der Waals surface area contributed by atoms with Crippen LogP contribution in [0.3, 0.4) is 0 Å². The zero-order chi connectivity index (χ0) is 4.99. The molecule has 6 heavy (non-hydrogen) atoms. The van der Waals surface area contributed by atoms with Crippen molar-refractivity contribution in [2.75, 3.05) is 5.75 Å². The maximum atomic E-state index is 8.14. The molecule has 0 aromatic heterocycles. The van der Waals surface area contributed by atoms with Gasteiger partial charge in [-0.25, -0.2) is 0 Å². The molecule has 0 fully saturated rings. The van der Waals surface area contributed by atoms with Gasteiger partial charge in [-0.05, 0) is 6.42 Å². The standard InChI is InChI=1S/C3H9O2S/c1-2-3-6(4)5/h4-5H,2-3H2,1H3/q+1. The molecule has 0 rings (SSSR count). The summed E-state index contributed by atoms with van der Waals surface area (Å²) >= 11 is -1.32. The highest BCUT2D eigenvalue weighted by atomic mass is 32.2. The van der Waals surface area contributed by atoms with Crippen LogP contribution in [0.4, 0.5) is 0 Å². The van der Waals surface area contributed by atoms with Gasteiger partial charge in [0.2, 0.25) is 0 Å². The molecule has 0 saturated carbocycles.